The molecule has 0 radical (unpaired) electrons. The van der Waals surface area contributed by atoms with Crippen LogP contribution in [0.25, 0.3) is 0 Å². The van der Waals surface area contributed by atoms with E-state index < -0.39 is 27.9 Å². The third-order valence-corrected chi connectivity index (χ3v) is 8.28. The lowest BCUT2D eigenvalue weighted by molar-refractivity contribution is 0.0527. The first-order valence-electron chi connectivity index (χ1n) is 10.5. The number of amides is 1. The summed E-state index contributed by atoms with van der Waals surface area (Å²) < 4.78 is 36.8. The van der Waals surface area contributed by atoms with Crippen LogP contribution < -0.4 is 5.32 Å². The Morgan fingerprint density at radius 1 is 1.06 bits per heavy atom. The van der Waals surface area contributed by atoms with Crippen molar-refractivity contribution in [1.29, 1.82) is 0 Å². The van der Waals surface area contributed by atoms with E-state index in [1.807, 2.05) is 0 Å². The van der Waals surface area contributed by atoms with E-state index in [1.165, 1.54) is 28.6 Å². The Kier molecular flexibility index (Phi) is 7.55. The lowest BCUT2D eigenvalue weighted by Gasteiger charge is -2.16. The maximum Gasteiger partial charge on any atom is 0.348 e. The van der Waals surface area contributed by atoms with Crippen molar-refractivity contribution in [2.45, 2.75) is 44.6 Å². The topological polar surface area (TPSA) is 119 Å². The summed E-state index contributed by atoms with van der Waals surface area (Å²) in [7, 11) is -2.08. The van der Waals surface area contributed by atoms with Gasteiger partial charge >= 0.3 is 11.9 Å². The van der Waals surface area contributed by atoms with E-state index >= 15 is 0 Å². The Morgan fingerprint density at radius 3 is 2.18 bits per heavy atom. The molecular formula is C22H26N2O7S2. The molecule has 0 aliphatic heterocycles. The van der Waals surface area contributed by atoms with Crippen molar-refractivity contribution in [2.24, 2.45) is 0 Å². The molecule has 3 rings (SSSR count). The van der Waals surface area contributed by atoms with Crippen LogP contribution in [-0.2, 0) is 19.5 Å². The van der Waals surface area contributed by atoms with Gasteiger partial charge in [0.05, 0.1) is 23.7 Å². The first-order chi connectivity index (χ1) is 15.6. The van der Waals surface area contributed by atoms with Gasteiger partial charge < -0.3 is 14.8 Å². The molecule has 1 N–H and O–H groups in total. The number of carbonyl (C=O) groups is 3. The summed E-state index contributed by atoms with van der Waals surface area (Å²) in [6.07, 6.45) is 1.68. The standard InChI is InChI=1S/C22H26N2O7S2/c1-5-30-21(26)17-13(3)18(22(27)31-6-2)32-20(17)23-19(25)14-7-11-16(12-8-14)33(28,29)24(4)15-9-10-15/h7-8,11-12,15H,5-6,9-10H2,1-4H3,(H,23,25). The molecule has 1 aromatic carbocycles. The molecule has 1 aromatic heterocycles. The third-order valence-electron chi connectivity index (χ3n) is 5.17. The normalized spacial score (nSPS) is 13.6. The van der Waals surface area contributed by atoms with Gasteiger partial charge in [-0.15, -0.1) is 11.3 Å². The lowest BCUT2D eigenvalue weighted by atomic mass is 10.1. The zero-order valence-corrected chi connectivity index (χ0v) is 20.5. The molecule has 9 nitrogen and oxygen atoms in total. The number of thiophene rings is 1. The van der Waals surface area contributed by atoms with Crippen LogP contribution >= 0.6 is 11.3 Å². The minimum Gasteiger partial charge on any atom is -0.462 e. The second-order valence-electron chi connectivity index (χ2n) is 7.43. The van der Waals surface area contributed by atoms with E-state index in [-0.39, 0.29) is 45.2 Å². The van der Waals surface area contributed by atoms with E-state index in [1.54, 1.807) is 27.8 Å². The second kappa shape index (κ2) is 10.0. The lowest BCUT2D eigenvalue weighted by Crippen LogP contribution is -2.29. The Hall–Kier alpha value is -2.76. The number of nitrogens with zero attached hydrogens (tertiary/aromatic N) is 1. The van der Waals surface area contributed by atoms with Crippen molar-refractivity contribution < 1.29 is 32.3 Å². The van der Waals surface area contributed by atoms with Crippen LogP contribution in [0.3, 0.4) is 0 Å². The fourth-order valence-electron chi connectivity index (χ4n) is 3.20. The first-order valence-corrected chi connectivity index (χ1v) is 12.7. The zero-order chi connectivity index (χ0) is 24.3. The summed E-state index contributed by atoms with van der Waals surface area (Å²) in [6, 6.07) is 5.58. The molecule has 1 saturated carbocycles. The van der Waals surface area contributed by atoms with E-state index in [2.05, 4.69) is 5.32 Å². The monoisotopic (exact) mass is 494 g/mol. The molecule has 1 fully saturated rings. The molecule has 2 aromatic rings. The van der Waals surface area contributed by atoms with Gasteiger partial charge in [-0.05, 0) is 63.4 Å². The summed E-state index contributed by atoms with van der Waals surface area (Å²) in [5.41, 5.74) is 0.641. The summed E-state index contributed by atoms with van der Waals surface area (Å²) >= 11 is 0.923. The third kappa shape index (κ3) is 5.26. The minimum absolute atomic E-state index is 0.0231. The minimum atomic E-state index is -3.63. The van der Waals surface area contributed by atoms with Gasteiger partial charge in [0, 0.05) is 18.7 Å². The number of anilines is 1. The number of hydrogen-bond donors (Lipinski definition) is 1. The number of carbonyl (C=O) groups excluding carboxylic acids is 3. The molecule has 0 spiro atoms. The Morgan fingerprint density at radius 2 is 1.64 bits per heavy atom. The van der Waals surface area contributed by atoms with Crippen LogP contribution in [0, 0.1) is 6.92 Å². The Labute approximate surface area is 196 Å². The Balaban J connectivity index is 1.86. The van der Waals surface area contributed by atoms with Crippen LogP contribution in [0.5, 0.6) is 0 Å². The maximum atomic E-state index is 12.8. The van der Waals surface area contributed by atoms with Gasteiger partial charge in [0.15, 0.2) is 0 Å². The average molecular weight is 495 g/mol. The van der Waals surface area contributed by atoms with Crippen LogP contribution in [0.4, 0.5) is 5.00 Å². The molecule has 0 saturated heterocycles. The van der Waals surface area contributed by atoms with Crippen molar-refractivity contribution in [3.8, 4) is 0 Å². The molecule has 0 atom stereocenters. The SMILES string of the molecule is CCOC(=O)c1sc(NC(=O)c2ccc(S(=O)(=O)N(C)C3CC3)cc2)c(C(=O)OCC)c1C. The predicted octanol–water partition coefficient (Wildman–Crippen LogP) is 3.45. The zero-order valence-electron chi connectivity index (χ0n) is 18.8. The maximum absolute atomic E-state index is 12.8. The molecule has 1 amide bonds. The smallest absolute Gasteiger partial charge is 0.348 e. The summed E-state index contributed by atoms with van der Waals surface area (Å²) in [6.45, 7) is 5.20. The molecule has 1 aliphatic carbocycles. The van der Waals surface area contributed by atoms with Crippen LogP contribution in [0.1, 0.15) is 62.6 Å². The highest BCUT2D eigenvalue weighted by atomic mass is 32.2. The largest absolute Gasteiger partial charge is 0.462 e. The van der Waals surface area contributed by atoms with Crippen LogP contribution in [-0.4, -0.2) is 56.9 Å². The predicted molar refractivity (Wildman–Crippen MR) is 123 cm³/mol. The molecule has 0 unspecified atom stereocenters. The van der Waals surface area contributed by atoms with E-state index in [0.29, 0.717) is 5.56 Å². The number of nitrogens with one attached hydrogen (secondary N) is 1. The quantitative estimate of drug-likeness (QED) is 0.530. The van der Waals surface area contributed by atoms with Crippen molar-refractivity contribution in [2.75, 3.05) is 25.6 Å². The molecule has 11 heteroatoms. The number of rotatable bonds is 9. The highest BCUT2D eigenvalue weighted by Gasteiger charge is 2.35. The van der Waals surface area contributed by atoms with Crippen molar-refractivity contribution in [3.05, 3.63) is 45.8 Å². The van der Waals surface area contributed by atoms with Gasteiger partial charge in [0.25, 0.3) is 5.91 Å². The molecule has 33 heavy (non-hydrogen) atoms. The van der Waals surface area contributed by atoms with E-state index in [0.717, 1.165) is 24.2 Å². The fraction of sp³-hybridized carbons (Fsp3) is 0.409. The number of hydrogen-bond acceptors (Lipinski definition) is 8. The average Bonchev–Trinajstić information content (AvgIpc) is 3.57. The molecule has 1 aliphatic rings. The Bertz CT molecular complexity index is 1170. The molecule has 1 heterocycles. The number of esters is 2. The highest BCUT2D eigenvalue weighted by Crippen LogP contribution is 2.35. The number of benzene rings is 1. The van der Waals surface area contributed by atoms with E-state index in [9.17, 15) is 22.8 Å². The van der Waals surface area contributed by atoms with Gasteiger partial charge in [-0.25, -0.2) is 18.0 Å². The number of ether oxygens (including phenoxy) is 2. The number of sulfonamides is 1. The molecular weight excluding hydrogens is 468 g/mol. The van der Waals surface area contributed by atoms with E-state index in [4.69, 9.17) is 9.47 Å². The van der Waals surface area contributed by atoms with Gasteiger partial charge in [-0.3, -0.25) is 4.79 Å². The second-order valence-corrected chi connectivity index (χ2v) is 10.5. The van der Waals surface area contributed by atoms with Crippen molar-refractivity contribution in [1.82, 2.24) is 4.31 Å². The van der Waals surface area contributed by atoms with Crippen molar-refractivity contribution >= 4 is 44.2 Å². The highest BCUT2D eigenvalue weighted by molar-refractivity contribution is 7.89. The fourth-order valence-corrected chi connectivity index (χ4v) is 5.70. The summed E-state index contributed by atoms with van der Waals surface area (Å²) in [5.74, 6) is -1.82. The van der Waals surface area contributed by atoms with Gasteiger partial charge in [0.2, 0.25) is 10.0 Å². The van der Waals surface area contributed by atoms with Gasteiger partial charge in [-0.2, -0.15) is 4.31 Å². The molecule has 0 bridgehead atoms. The van der Waals surface area contributed by atoms with Gasteiger partial charge in [0.1, 0.15) is 9.88 Å². The van der Waals surface area contributed by atoms with Gasteiger partial charge in [-0.1, -0.05) is 0 Å². The van der Waals surface area contributed by atoms with Crippen LogP contribution in [0.15, 0.2) is 29.2 Å². The summed E-state index contributed by atoms with van der Waals surface area (Å²) in [4.78, 5) is 37.9. The van der Waals surface area contributed by atoms with Crippen molar-refractivity contribution in [3.63, 3.8) is 0 Å². The van der Waals surface area contributed by atoms with Crippen LogP contribution in [0.2, 0.25) is 0 Å². The molecule has 178 valence electrons. The first kappa shape index (κ1) is 24.9. The summed E-state index contributed by atoms with van der Waals surface area (Å²) in [5, 5.41) is 2.80.